The topological polar surface area (TPSA) is 91.6 Å². The highest BCUT2D eigenvalue weighted by Crippen LogP contribution is 2.41. The fourth-order valence-electron chi connectivity index (χ4n) is 5.08. The third-order valence-corrected chi connectivity index (χ3v) is 6.42. The van der Waals surface area contributed by atoms with Crippen molar-refractivity contribution in [3.05, 3.63) is 34.2 Å². The quantitative estimate of drug-likeness (QED) is 0.801. The summed E-state index contributed by atoms with van der Waals surface area (Å²) >= 11 is 0. The summed E-state index contributed by atoms with van der Waals surface area (Å²) in [5.41, 5.74) is 0.650. The predicted molar refractivity (Wildman–Crippen MR) is 99.2 cm³/mol. The van der Waals surface area contributed by atoms with E-state index >= 15 is 0 Å². The second kappa shape index (κ2) is 7.11. The molecule has 2 fully saturated rings. The molecule has 2 aliphatic heterocycles. The number of aromatic nitrogens is 1. The molecule has 2 amide bonds. The number of nitrogens with one attached hydrogen (secondary N) is 1. The van der Waals surface area contributed by atoms with Crippen LogP contribution in [0.1, 0.15) is 56.7 Å². The lowest BCUT2D eigenvalue weighted by Gasteiger charge is -2.46. The minimum Gasteiger partial charge on any atom is -0.391 e. The average Bonchev–Trinajstić information content (AvgIpc) is 2.64. The molecule has 3 aliphatic rings. The van der Waals surface area contributed by atoms with Gasteiger partial charge in [-0.1, -0.05) is 18.9 Å². The van der Waals surface area contributed by atoms with Crippen LogP contribution in [-0.4, -0.2) is 51.6 Å². The van der Waals surface area contributed by atoms with Crippen LogP contribution in [0.15, 0.2) is 23.0 Å². The molecular weight excluding hydrogens is 346 g/mol. The number of amides is 2. The summed E-state index contributed by atoms with van der Waals surface area (Å²) in [6.07, 6.45) is 3.65. The van der Waals surface area contributed by atoms with Crippen molar-refractivity contribution in [1.29, 1.82) is 0 Å². The summed E-state index contributed by atoms with van der Waals surface area (Å²) in [5.74, 6) is -0.241. The molecule has 1 saturated heterocycles. The van der Waals surface area contributed by atoms with Crippen molar-refractivity contribution in [3.63, 3.8) is 0 Å². The van der Waals surface area contributed by atoms with Gasteiger partial charge in [-0.15, -0.1) is 0 Å². The number of rotatable bonds is 2. The number of likely N-dealkylation sites (tertiary alicyclic amines) is 1. The first kappa shape index (κ1) is 18.2. The van der Waals surface area contributed by atoms with E-state index in [0.717, 1.165) is 31.4 Å². The van der Waals surface area contributed by atoms with E-state index < -0.39 is 12.1 Å². The van der Waals surface area contributed by atoms with Gasteiger partial charge < -0.3 is 15.3 Å². The van der Waals surface area contributed by atoms with Gasteiger partial charge in [-0.25, -0.2) is 0 Å². The van der Waals surface area contributed by atoms with Gasteiger partial charge in [0.05, 0.1) is 12.1 Å². The average molecular weight is 373 g/mol. The normalized spacial score (nSPS) is 32.5. The Labute approximate surface area is 158 Å². The van der Waals surface area contributed by atoms with Crippen LogP contribution < -0.4 is 10.9 Å². The first-order valence-electron chi connectivity index (χ1n) is 9.91. The highest BCUT2D eigenvalue weighted by molar-refractivity contribution is 5.82. The number of pyridine rings is 1. The third kappa shape index (κ3) is 3.29. The maximum atomic E-state index is 13.2. The predicted octanol–water partition coefficient (Wildman–Crippen LogP) is 0.775. The molecule has 0 spiro atoms. The van der Waals surface area contributed by atoms with E-state index in [1.54, 1.807) is 22.5 Å². The van der Waals surface area contributed by atoms with Crippen LogP contribution in [0.5, 0.6) is 0 Å². The third-order valence-electron chi connectivity index (χ3n) is 6.42. The van der Waals surface area contributed by atoms with Crippen molar-refractivity contribution < 1.29 is 14.7 Å². The van der Waals surface area contributed by atoms with E-state index in [1.807, 2.05) is 6.07 Å². The van der Waals surface area contributed by atoms with Crippen molar-refractivity contribution in [1.82, 2.24) is 14.8 Å². The molecule has 0 unspecified atom stereocenters. The van der Waals surface area contributed by atoms with E-state index in [1.165, 1.54) is 6.07 Å². The SMILES string of the molecule is CC(=O)N1C[C@H]2C[C@@H](C1)[C@H](C(=O)N[C@H]1CCCC[C@@H]1O)n1c2cccc1=O. The minimum atomic E-state index is -0.638. The first-order valence-corrected chi connectivity index (χ1v) is 9.91. The van der Waals surface area contributed by atoms with Gasteiger partial charge in [-0.2, -0.15) is 0 Å². The van der Waals surface area contributed by atoms with Gasteiger partial charge in [-0.05, 0) is 25.3 Å². The molecule has 146 valence electrons. The van der Waals surface area contributed by atoms with Crippen molar-refractivity contribution in [2.45, 2.75) is 63.1 Å². The second-order valence-electron chi connectivity index (χ2n) is 8.19. The number of hydrogen-bond acceptors (Lipinski definition) is 4. The molecular formula is C20H27N3O4. The molecule has 2 N–H and O–H groups in total. The van der Waals surface area contributed by atoms with Gasteiger partial charge in [-0.3, -0.25) is 19.0 Å². The molecule has 1 aromatic rings. The summed E-state index contributed by atoms with van der Waals surface area (Å²) < 4.78 is 1.63. The summed E-state index contributed by atoms with van der Waals surface area (Å²) in [6.45, 7) is 2.62. The maximum absolute atomic E-state index is 13.2. The number of nitrogens with zero attached hydrogens (tertiary/aromatic N) is 2. The Morgan fingerprint density at radius 2 is 1.96 bits per heavy atom. The smallest absolute Gasteiger partial charge is 0.251 e. The molecule has 0 radical (unpaired) electrons. The van der Waals surface area contributed by atoms with Crippen molar-refractivity contribution in [3.8, 4) is 0 Å². The Balaban J connectivity index is 1.68. The summed E-state index contributed by atoms with van der Waals surface area (Å²) in [5, 5.41) is 13.2. The Morgan fingerprint density at radius 1 is 1.19 bits per heavy atom. The zero-order valence-electron chi connectivity index (χ0n) is 15.6. The number of carbonyl (C=O) groups is 2. The van der Waals surface area contributed by atoms with Crippen LogP contribution in [0.25, 0.3) is 0 Å². The minimum absolute atomic E-state index is 0.00158. The van der Waals surface area contributed by atoms with E-state index in [4.69, 9.17) is 0 Å². The zero-order chi connectivity index (χ0) is 19.1. The fourth-order valence-corrected chi connectivity index (χ4v) is 5.08. The molecule has 1 saturated carbocycles. The van der Waals surface area contributed by atoms with Gasteiger partial charge in [0, 0.05) is 43.6 Å². The van der Waals surface area contributed by atoms with Crippen LogP contribution in [0.2, 0.25) is 0 Å². The molecule has 3 heterocycles. The molecule has 7 heteroatoms. The Bertz CT molecular complexity index is 805. The number of hydrogen-bond donors (Lipinski definition) is 2. The number of aliphatic hydroxyl groups is 1. The van der Waals surface area contributed by atoms with Crippen LogP contribution >= 0.6 is 0 Å². The summed E-state index contributed by atoms with van der Waals surface area (Å²) in [4.78, 5) is 39.6. The molecule has 27 heavy (non-hydrogen) atoms. The highest BCUT2D eigenvalue weighted by Gasteiger charge is 2.44. The van der Waals surface area contributed by atoms with Gasteiger partial charge in [0.1, 0.15) is 6.04 Å². The van der Waals surface area contributed by atoms with Crippen molar-refractivity contribution >= 4 is 11.8 Å². The van der Waals surface area contributed by atoms with Crippen molar-refractivity contribution in [2.24, 2.45) is 5.92 Å². The fraction of sp³-hybridized carbons (Fsp3) is 0.650. The van der Waals surface area contributed by atoms with Crippen LogP contribution in [-0.2, 0) is 9.59 Å². The standard InChI is InChI=1S/C20H27N3O4/c1-12(24)22-10-13-9-14(11-22)19(23-16(13)6-4-8-18(23)26)20(27)21-15-5-2-3-7-17(15)25/h4,6,8,13-15,17,19,25H,2-3,5,7,9-11H2,1H3,(H,21,27)/t13-,14+,15+,17+,19-/m1/s1. The largest absolute Gasteiger partial charge is 0.391 e. The summed E-state index contributed by atoms with van der Waals surface area (Å²) in [6, 6.07) is 4.20. The van der Waals surface area contributed by atoms with Crippen LogP contribution in [0.4, 0.5) is 0 Å². The number of carbonyl (C=O) groups excluding carboxylic acids is 2. The monoisotopic (exact) mass is 373 g/mol. The van der Waals surface area contributed by atoms with Gasteiger partial charge >= 0.3 is 0 Å². The molecule has 7 nitrogen and oxygen atoms in total. The highest BCUT2D eigenvalue weighted by atomic mass is 16.3. The number of fused-ring (bicyclic) bond motifs is 4. The van der Waals surface area contributed by atoms with E-state index in [-0.39, 0.29) is 35.3 Å². The van der Waals surface area contributed by atoms with Gasteiger partial charge in [0.2, 0.25) is 11.8 Å². The molecule has 1 aliphatic carbocycles. The van der Waals surface area contributed by atoms with Gasteiger partial charge in [0.15, 0.2) is 0 Å². The summed E-state index contributed by atoms with van der Waals surface area (Å²) in [7, 11) is 0. The number of piperidine rings is 1. The van der Waals surface area contributed by atoms with Gasteiger partial charge in [0.25, 0.3) is 5.56 Å². The molecule has 0 aromatic carbocycles. The molecule has 2 bridgehead atoms. The van der Waals surface area contributed by atoms with E-state index in [9.17, 15) is 19.5 Å². The van der Waals surface area contributed by atoms with E-state index in [0.29, 0.717) is 19.5 Å². The Morgan fingerprint density at radius 3 is 2.70 bits per heavy atom. The lowest BCUT2D eigenvalue weighted by molar-refractivity contribution is -0.136. The Hall–Kier alpha value is -2.15. The zero-order valence-corrected chi connectivity index (χ0v) is 15.6. The molecule has 5 atom stereocenters. The van der Waals surface area contributed by atoms with Crippen LogP contribution in [0.3, 0.4) is 0 Å². The van der Waals surface area contributed by atoms with Crippen LogP contribution in [0, 0.1) is 5.92 Å². The lowest BCUT2D eigenvalue weighted by Crippen LogP contribution is -2.56. The second-order valence-corrected chi connectivity index (χ2v) is 8.19. The first-order chi connectivity index (χ1) is 13.0. The lowest BCUT2D eigenvalue weighted by atomic mass is 9.78. The molecule has 4 rings (SSSR count). The maximum Gasteiger partial charge on any atom is 0.251 e. The van der Waals surface area contributed by atoms with E-state index in [2.05, 4.69) is 5.32 Å². The molecule has 1 aromatic heterocycles. The number of aliphatic hydroxyl groups excluding tert-OH is 1. The van der Waals surface area contributed by atoms with Crippen molar-refractivity contribution in [2.75, 3.05) is 13.1 Å². The Kier molecular flexibility index (Phi) is 4.80.